The lowest BCUT2D eigenvalue weighted by Crippen LogP contribution is -2.10. The molecule has 9 aromatic heterocycles. The smallest absolute Gasteiger partial charge is 0.220 e. The van der Waals surface area contributed by atoms with Crippen LogP contribution in [0.4, 0.5) is 17.1 Å². The van der Waals surface area contributed by atoms with E-state index in [0.717, 1.165) is 89.7 Å². The minimum absolute atomic E-state index is 0.123. The third kappa shape index (κ3) is 10.6. The van der Waals surface area contributed by atoms with Crippen LogP contribution in [0.1, 0.15) is 31.9 Å². The summed E-state index contributed by atoms with van der Waals surface area (Å²) in [5.74, 6) is 2.85. The summed E-state index contributed by atoms with van der Waals surface area (Å²) in [5.41, 5.74) is 29.6. The van der Waals surface area contributed by atoms with Gasteiger partial charge in [0.25, 0.3) is 0 Å². The van der Waals surface area contributed by atoms with E-state index in [1.165, 1.54) is 163 Å². The van der Waals surface area contributed by atoms with Crippen LogP contribution in [0.25, 0.3) is 230 Å². The molecular weight excluding hydrogens is 1550 g/mol. The van der Waals surface area contributed by atoms with Gasteiger partial charge in [0.15, 0.2) is 0 Å². The molecule has 11 heteroatoms. The lowest BCUT2D eigenvalue weighted by molar-refractivity contribution is 0.590. The first-order valence-corrected chi connectivity index (χ1v) is 43.4. The van der Waals surface area contributed by atoms with Gasteiger partial charge in [0.1, 0.15) is 0 Å². The van der Waals surface area contributed by atoms with Crippen molar-refractivity contribution in [1.29, 1.82) is 5.26 Å². The van der Waals surface area contributed by atoms with E-state index in [-0.39, 0.29) is 5.41 Å². The summed E-state index contributed by atoms with van der Waals surface area (Å²) in [7, 11) is 0. The average molecular weight is 1620 g/mol. The van der Waals surface area contributed by atoms with E-state index in [2.05, 4.69) is 422 Å². The summed E-state index contributed by atoms with van der Waals surface area (Å²) < 4.78 is 14.1. The molecule has 0 saturated carbocycles. The predicted octanol–water partition coefficient (Wildman–Crippen LogP) is 30.0. The molecule has 0 radical (unpaired) electrons. The number of nitriles is 1. The first-order chi connectivity index (χ1) is 62.5. The number of para-hydroxylation sites is 2. The summed E-state index contributed by atoms with van der Waals surface area (Å²) in [4.78, 5) is 18.1. The number of aromatic nitrogens is 9. The molecule has 20 aromatic carbocycles. The molecule has 592 valence electrons. The number of imidazole rings is 6. The number of rotatable bonds is 6. The molecule has 0 aliphatic heterocycles. The Balaban J connectivity index is 0.0000000997. The molecule has 0 fully saturated rings. The van der Waals surface area contributed by atoms with Crippen molar-refractivity contribution in [2.45, 2.75) is 26.2 Å². The van der Waals surface area contributed by atoms with Crippen molar-refractivity contribution in [3.8, 4) is 39.4 Å². The molecule has 0 atom stereocenters. The third-order valence-electron chi connectivity index (χ3n) is 26.9. The summed E-state index contributed by atoms with van der Waals surface area (Å²) in [6, 6.07) is 142. The van der Waals surface area contributed by atoms with Crippen LogP contribution in [0, 0.1) is 11.3 Å². The highest BCUT2D eigenvalue weighted by atomic mass is 15.2. The van der Waals surface area contributed by atoms with Crippen molar-refractivity contribution < 1.29 is 0 Å². The number of hydrogen-bond acceptors (Lipinski definition) is 5. The second kappa shape index (κ2) is 26.5. The van der Waals surface area contributed by atoms with Crippen LogP contribution in [-0.2, 0) is 5.41 Å². The molecule has 0 amide bonds. The molecule has 11 nitrogen and oxygen atoms in total. The summed E-state index contributed by atoms with van der Waals surface area (Å²) >= 11 is 0. The molecule has 29 rings (SSSR count). The second-order valence-corrected chi connectivity index (χ2v) is 35.2. The lowest BCUT2D eigenvalue weighted by atomic mass is 9.86. The van der Waals surface area contributed by atoms with Crippen LogP contribution < -0.4 is 4.90 Å². The Morgan fingerprint density at radius 2 is 0.488 bits per heavy atom. The average Bonchev–Trinajstić information content (AvgIpc) is 1.53. The Labute approximate surface area is 725 Å². The van der Waals surface area contributed by atoms with E-state index in [4.69, 9.17) is 15.0 Å². The number of anilines is 3. The second-order valence-electron chi connectivity index (χ2n) is 35.2. The van der Waals surface area contributed by atoms with Crippen LogP contribution >= 0.6 is 0 Å². The number of fused-ring (bicyclic) bond motifs is 30. The van der Waals surface area contributed by atoms with Crippen molar-refractivity contribution in [1.82, 2.24) is 41.4 Å². The zero-order valence-corrected chi connectivity index (χ0v) is 69.4. The van der Waals surface area contributed by atoms with Gasteiger partial charge in [-0.3, -0.25) is 26.4 Å². The van der Waals surface area contributed by atoms with Crippen molar-refractivity contribution in [2.24, 2.45) is 0 Å². The van der Waals surface area contributed by atoms with Gasteiger partial charge >= 0.3 is 0 Å². The van der Waals surface area contributed by atoms with Gasteiger partial charge in [-0.05, 0) is 267 Å². The highest BCUT2D eigenvalue weighted by molar-refractivity contribution is 6.24. The zero-order chi connectivity index (χ0) is 83.8. The van der Waals surface area contributed by atoms with Gasteiger partial charge in [-0.15, -0.1) is 0 Å². The SMILES string of the molecule is CC(C)(C)c1ccc(-c2cc3c4cc5ccccc5cc4n4c3c(c2)n2c3cc5ccccc5cc3nc24)cc1.N#Cc1ccc(-c2cc3c4cc5ccccc5cc4n4c3c(c2)n2c3cc5ccccc5cc3nc24)cc1.c1ccc(N(c2ccccc2)c2ccc(-c3cc4c5cc6ccccc6cc5n5c4c(c3)n3c4cc6ccccc6cc4nc35)cc2)cc1. The first kappa shape index (κ1) is 70.7. The predicted molar refractivity (Wildman–Crippen MR) is 529 cm³/mol. The van der Waals surface area contributed by atoms with E-state index in [9.17, 15) is 5.26 Å². The molecule has 127 heavy (non-hydrogen) atoms. The van der Waals surface area contributed by atoms with Crippen LogP contribution in [-0.4, -0.2) is 41.4 Å². The summed E-state index contributed by atoms with van der Waals surface area (Å²) in [6.07, 6.45) is 0. The van der Waals surface area contributed by atoms with Gasteiger partial charge in [0.05, 0.1) is 94.4 Å². The summed E-state index contributed by atoms with van der Waals surface area (Å²) in [5, 5.41) is 31.4. The molecule has 0 aliphatic rings. The van der Waals surface area contributed by atoms with Crippen molar-refractivity contribution >= 4 is 214 Å². The normalized spacial score (nSPS) is 12.4. The molecule has 29 aromatic rings. The monoisotopic (exact) mass is 1620 g/mol. The fourth-order valence-electron chi connectivity index (χ4n) is 20.8. The Morgan fingerprint density at radius 1 is 0.228 bits per heavy atom. The summed E-state index contributed by atoms with van der Waals surface area (Å²) in [6.45, 7) is 6.80. The van der Waals surface area contributed by atoms with E-state index < -0.39 is 0 Å². The van der Waals surface area contributed by atoms with Gasteiger partial charge < -0.3 is 4.90 Å². The van der Waals surface area contributed by atoms with Crippen LogP contribution in [0.2, 0.25) is 0 Å². The van der Waals surface area contributed by atoms with Gasteiger partial charge in [-0.25, -0.2) is 15.0 Å². The highest BCUT2D eigenvalue weighted by Crippen LogP contribution is 2.48. The van der Waals surface area contributed by atoms with Crippen molar-refractivity contribution in [2.75, 3.05) is 4.90 Å². The van der Waals surface area contributed by atoms with E-state index in [1.807, 2.05) is 24.3 Å². The van der Waals surface area contributed by atoms with E-state index in [1.54, 1.807) is 0 Å². The van der Waals surface area contributed by atoms with Crippen molar-refractivity contribution in [3.05, 3.63) is 399 Å². The Kier molecular flexibility index (Phi) is 14.8. The van der Waals surface area contributed by atoms with Gasteiger partial charge in [-0.1, -0.05) is 251 Å². The zero-order valence-electron chi connectivity index (χ0n) is 69.4. The lowest BCUT2D eigenvalue weighted by Gasteiger charge is -2.25. The fourth-order valence-corrected chi connectivity index (χ4v) is 20.8. The van der Waals surface area contributed by atoms with Gasteiger partial charge in [0, 0.05) is 49.4 Å². The Bertz CT molecular complexity index is 9660. The number of benzene rings is 20. The largest absolute Gasteiger partial charge is 0.311 e. The fraction of sp³-hybridized carbons (Fsp3) is 0.0345. The molecule has 0 unspecified atom stereocenters. The molecule has 0 saturated heterocycles. The van der Waals surface area contributed by atoms with Gasteiger partial charge in [-0.2, -0.15) is 5.26 Å². The molecule has 0 N–H and O–H groups in total. The van der Waals surface area contributed by atoms with Crippen molar-refractivity contribution in [3.63, 3.8) is 0 Å². The molecule has 0 spiro atoms. The highest BCUT2D eigenvalue weighted by Gasteiger charge is 2.29. The van der Waals surface area contributed by atoms with Crippen LogP contribution in [0.15, 0.2) is 388 Å². The van der Waals surface area contributed by atoms with Crippen LogP contribution in [0.5, 0.6) is 0 Å². The number of hydrogen-bond donors (Lipinski definition) is 0. The minimum Gasteiger partial charge on any atom is -0.311 e. The maximum Gasteiger partial charge on any atom is 0.220 e. The van der Waals surface area contributed by atoms with Crippen LogP contribution in [0.3, 0.4) is 0 Å². The standard InChI is InChI=1S/C45H28N4.C37H27N3.C34H18N4/c1-3-15-35(16-4-1)47(36-17-5-2-6-18-36)37-21-19-29(20-22-37)34-24-39-38-23-30-11-7-9-13-32(30)26-41(38)49-44(39)43(28-34)48-42-27-33-14-10-8-12-31(33)25-40(42)46-45(48)49;1-37(2,3)28-14-12-22(13-15-28)27-17-30-29-16-23-8-4-6-10-25(23)19-32(29)40-35(30)34(21-27)39-33-20-26-11-7-5-9-24(26)18-31(33)38-36(39)40;35-19-20-9-11-21(12-10-20)26-14-28-27-13-22-5-1-3-7-24(22)16-30(27)38-33(28)32(18-26)37-31-17-25-8-4-2-6-23(25)15-29(31)36-34(37)38/h1-28H;4-21H,1-3H3;1-18H. The quantitative estimate of drug-likeness (QED) is 0.165. The number of nitrogens with zero attached hydrogens (tertiary/aromatic N) is 11. The Hall–Kier alpha value is -16.9. The first-order valence-electron chi connectivity index (χ1n) is 43.4. The third-order valence-corrected chi connectivity index (χ3v) is 26.9. The van der Waals surface area contributed by atoms with E-state index >= 15 is 0 Å². The topological polar surface area (TPSA) is 92.2 Å². The maximum atomic E-state index is 9.30. The molecule has 9 heterocycles. The van der Waals surface area contributed by atoms with Gasteiger partial charge in [0.2, 0.25) is 17.3 Å². The molecule has 0 bridgehead atoms. The minimum atomic E-state index is 0.123. The maximum absolute atomic E-state index is 9.30. The molecular formula is C116H73N11. The van der Waals surface area contributed by atoms with E-state index in [0.29, 0.717) is 5.56 Å². The Morgan fingerprint density at radius 3 is 0.787 bits per heavy atom. The molecule has 0 aliphatic carbocycles.